The van der Waals surface area contributed by atoms with E-state index in [2.05, 4.69) is 56.2 Å². The number of likely N-dealkylation sites (N-methyl/N-ethyl adjacent to an activating group) is 1. The van der Waals surface area contributed by atoms with Gasteiger partial charge in [-0.2, -0.15) is 13.2 Å². The molecule has 182 valence electrons. The number of benzene rings is 2. The van der Waals surface area contributed by atoms with Gasteiger partial charge in [0.1, 0.15) is 12.1 Å². The molecule has 1 N–H and O–H groups in total. The lowest BCUT2D eigenvalue weighted by molar-refractivity contribution is -0.137. The third-order valence-electron chi connectivity index (χ3n) is 5.64. The number of halogens is 3. The maximum Gasteiger partial charge on any atom is 0.416 e. The van der Waals surface area contributed by atoms with Crippen molar-refractivity contribution in [1.82, 2.24) is 19.4 Å². The lowest BCUT2D eigenvalue weighted by atomic mass is 10.1. The van der Waals surface area contributed by atoms with E-state index in [4.69, 9.17) is 4.74 Å². The van der Waals surface area contributed by atoms with Crippen LogP contribution in [0.3, 0.4) is 0 Å². The normalized spacial score (nSPS) is 13.5. The third kappa shape index (κ3) is 5.78. The summed E-state index contributed by atoms with van der Waals surface area (Å²) >= 11 is 0. The van der Waals surface area contributed by atoms with Crippen LogP contribution in [0, 0.1) is 0 Å². The molecule has 4 aromatic rings. The number of rotatable bonds is 4. The van der Waals surface area contributed by atoms with Crippen molar-refractivity contribution >= 4 is 23.0 Å². The van der Waals surface area contributed by atoms with Gasteiger partial charge >= 0.3 is 6.18 Å². The highest BCUT2D eigenvalue weighted by molar-refractivity contribution is 5.81. The Morgan fingerprint density at radius 1 is 1.09 bits per heavy atom. The molecule has 0 spiro atoms. The van der Waals surface area contributed by atoms with E-state index in [1.165, 1.54) is 23.0 Å². The molecule has 0 saturated carbocycles. The minimum absolute atomic E-state index is 0.129. The number of nitrogens with one attached hydrogen (secondary N) is 1. The van der Waals surface area contributed by atoms with E-state index in [1.807, 2.05) is 13.1 Å². The van der Waals surface area contributed by atoms with E-state index in [-0.39, 0.29) is 5.69 Å². The van der Waals surface area contributed by atoms with E-state index in [9.17, 15) is 18.0 Å². The van der Waals surface area contributed by atoms with Crippen LogP contribution in [0.25, 0.3) is 10.9 Å². The van der Waals surface area contributed by atoms with E-state index >= 15 is 0 Å². The van der Waals surface area contributed by atoms with E-state index in [0.29, 0.717) is 12.3 Å². The number of ether oxygens (including phenoxy) is 1. The predicted molar refractivity (Wildman–Crippen MR) is 126 cm³/mol. The fourth-order valence-electron chi connectivity index (χ4n) is 3.83. The topological polar surface area (TPSA) is 72.3 Å². The van der Waals surface area contributed by atoms with Gasteiger partial charge in [0, 0.05) is 49.3 Å². The first-order valence-electron chi connectivity index (χ1n) is 10.9. The maximum atomic E-state index is 12.1. The van der Waals surface area contributed by atoms with Crippen LogP contribution in [0.1, 0.15) is 16.8 Å². The first kappa shape index (κ1) is 24.2. The molecular formula is C25H24F3N5O2. The molecule has 5 rings (SSSR count). The Hall–Kier alpha value is -3.92. The molecule has 7 nitrogen and oxygen atoms in total. The quantitative estimate of drug-likeness (QED) is 0.413. The molecule has 10 heteroatoms. The van der Waals surface area contributed by atoms with E-state index < -0.39 is 11.7 Å². The lowest BCUT2D eigenvalue weighted by Gasteiger charge is -2.25. The Kier molecular flexibility index (Phi) is 7.02. The molecule has 1 amide bonds. The van der Waals surface area contributed by atoms with Crippen LogP contribution >= 0.6 is 0 Å². The molecule has 0 radical (unpaired) electrons. The second-order valence-corrected chi connectivity index (χ2v) is 8.18. The summed E-state index contributed by atoms with van der Waals surface area (Å²) in [6.45, 7) is 1.86. The monoisotopic (exact) mass is 483 g/mol. The molecule has 35 heavy (non-hydrogen) atoms. The van der Waals surface area contributed by atoms with E-state index in [1.54, 1.807) is 6.33 Å². The van der Waals surface area contributed by atoms with Gasteiger partial charge < -0.3 is 19.5 Å². The molecule has 2 aromatic heterocycles. The van der Waals surface area contributed by atoms with Gasteiger partial charge in [-0.15, -0.1) is 0 Å². The van der Waals surface area contributed by atoms with Crippen LogP contribution in [-0.4, -0.2) is 39.4 Å². The zero-order valence-electron chi connectivity index (χ0n) is 19.2. The van der Waals surface area contributed by atoms with Gasteiger partial charge in [0.25, 0.3) is 0 Å². The van der Waals surface area contributed by atoms with Crippen LogP contribution < -0.4 is 10.1 Å². The van der Waals surface area contributed by atoms with Gasteiger partial charge in [-0.05, 0) is 49.5 Å². The molecule has 0 fully saturated rings. The zero-order valence-corrected chi connectivity index (χ0v) is 19.2. The number of carbonyl (C=O) groups is 1. The zero-order chi connectivity index (χ0) is 25.0. The molecule has 0 saturated heterocycles. The first-order chi connectivity index (χ1) is 16.7. The summed E-state index contributed by atoms with van der Waals surface area (Å²) in [5.41, 5.74) is 2.74. The van der Waals surface area contributed by atoms with Crippen LogP contribution in [0.5, 0.6) is 11.6 Å². The van der Waals surface area contributed by atoms with Gasteiger partial charge in [0.15, 0.2) is 0 Å². The molecule has 0 aliphatic carbocycles. The summed E-state index contributed by atoms with van der Waals surface area (Å²) in [7, 11) is 4.15. The Morgan fingerprint density at radius 2 is 1.91 bits per heavy atom. The Morgan fingerprint density at radius 3 is 2.69 bits per heavy atom. The molecule has 0 atom stereocenters. The summed E-state index contributed by atoms with van der Waals surface area (Å²) in [6, 6.07) is 12.6. The minimum atomic E-state index is -4.37. The van der Waals surface area contributed by atoms with Crippen molar-refractivity contribution in [1.29, 1.82) is 0 Å². The molecule has 2 aromatic carbocycles. The number of nitrogens with zero attached hydrogens (tertiary/aromatic N) is 4. The van der Waals surface area contributed by atoms with Gasteiger partial charge in [-0.3, -0.25) is 4.79 Å². The number of aromatic nitrogens is 3. The number of carbonyl (C=O) groups excluding carboxylic acids is 1. The molecule has 1 aliphatic rings. The van der Waals surface area contributed by atoms with Crippen molar-refractivity contribution in [2.45, 2.75) is 19.1 Å². The Labute approximate surface area is 200 Å². The predicted octanol–water partition coefficient (Wildman–Crippen LogP) is 5.02. The fraction of sp³-hybridized carbons (Fsp3) is 0.240. The summed E-state index contributed by atoms with van der Waals surface area (Å²) in [6.07, 6.45) is 0.551. The number of anilines is 1. The molecule has 3 heterocycles. The number of fused-ring (bicyclic) bond motifs is 2. The largest absolute Gasteiger partial charge is 0.439 e. The first-order valence-corrected chi connectivity index (χ1v) is 10.9. The number of hydrogen-bond acceptors (Lipinski definition) is 5. The fourth-order valence-corrected chi connectivity index (χ4v) is 3.83. The highest BCUT2D eigenvalue weighted by atomic mass is 19.4. The Balaban J connectivity index is 0.000000191. The van der Waals surface area contributed by atoms with Crippen molar-refractivity contribution < 1.29 is 22.7 Å². The third-order valence-corrected chi connectivity index (χ3v) is 5.64. The highest BCUT2D eigenvalue weighted by Gasteiger charge is 2.30. The number of alkyl halides is 3. The van der Waals surface area contributed by atoms with Gasteiger partial charge in [-0.1, -0.05) is 6.07 Å². The summed E-state index contributed by atoms with van der Waals surface area (Å²) in [5, 5.41) is 3.31. The van der Waals surface area contributed by atoms with Crippen molar-refractivity contribution in [2.24, 2.45) is 7.05 Å². The van der Waals surface area contributed by atoms with Crippen molar-refractivity contribution in [2.75, 3.05) is 18.9 Å². The van der Waals surface area contributed by atoms with Crippen LogP contribution in [-0.2, 0) is 31.0 Å². The lowest BCUT2D eigenvalue weighted by Crippen LogP contribution is -2.27. The highest BCUT2D eigenvalue weighted by Crippen LogP contribution is 2.31. The number of amides is 1. The summed E-state index contributed by atoms with van der Waals surface area (Å²) in [4.78, 5) is 20.9. The van der Waals surface area contributed by atoms with Crippen LogP contribution in [0.2, 0.25) is 0 Å². The Bertz CT molecular complexity index is 1340. The number of hydrogen-bond donors (Lipinski definition) is 1. The average Bonchev–Trinajstić information content (AvgIpc) is 3.20. The van der Waals surface area contributed by atoms with Crippen LogP contribution in [0.4, 0.5) is 18.9 Å². The van der Waals surface area contributed by atoms with Gasteiger partial charge in [0.05, 0.1) is 16.8 Å². The average molecular weight is 483 g/mol. The molecule has 0 unspecified atom stereocenters. The van der Waals surface area contributed by atoms with E-state index in [0.717, 1.165) is 48.6 Å². The minimum Gasteiger partial charge on any atom is -0.439 e. The SMILES string of the molecule is CN1CCc2ncnc(Oc3ccc4c(ccn4C)c3)c2C1.O=CNc1cccc(C(F)(F)F)c1. The van der Waals surface area contributed by atoms with Crippen molar-refractivity contribution in [3.05, 3.63) is 77.9 Å². The standard InChI is InChI=1S/C17H18N4O.C8H6F3NO/c1-20-7-6-15-14(10-20)17(19-11-18-15)22-13-3-4-16-12(9-13)5-8-21(16)2;9-8(10,11)6-2-1-3-7(4-6)12-5-13/h3-5,8-9,11H,6-7,10H2,1-2H3;1-5H,(H,12,13). The van der Waals surface area contributed by atoms with Crippen molar-refractivity contribution in [3.63, 3.8) is 0 Å². The van der Waals surface area contributed by atoms with Crippen LogP contribution in [0.15, 0.2) is 61.1 Å². The number of aryl methyl sites for hydroxylation is 1. The molecule has 1 aliphatic heterocycles. The second-order valence-electron chi connectivity index (χ2n) is 8.18. The summed E-state index contributed by atoms with van der Waals surface area (Å²) in [5.74, 6) is 1.49. The summed E-state index contributed by atoms with van der Waals surface area (Å²) < 4.78 is 44.4. The maximum absolute atomic E-state index is 12.1. The smallest absolute Gasteiger partial charge is 0.416 e. The molecular weight excluding hydrogens is 459 g/mol. The van der Waals surface area contributed by atoms with Gasteiger partial charge in [0.2, 0.25) is 12.3 Å². The van der Waals surface area contributed by atoms with Gasteiger partial charge in [-0.25, -0.2) is 9.97 Å². The van der Waals surface area contributed by atoms with Crippen molar-refractivity contribution in [3.8, 4) is 11.6 Å². The molecule has 0 bridgehead atoms. The second kappa shape index (κ2) is 10.1.